The van der Waals surface area contributed by atoms with Crippen molar-refractivity contribution in [2.24, 2.45) is 0 Å². The number of ether oxygens (including phenoxy) is 4. The quantitative estimate of drug-likeness (QED) is 0.424. The molecule has 0 N–H and O–H groups in total. The summed E-state index contributed by atoms with van der Waals surface area (Å²) in [4.78, 5) is 0. The van der Waals surface area contributed by atoms with Gasteiger partial charge in [0.25, 0.3) is 0 Å². The van der Waals surface area contributed by atoms with Gasteiger partial charge in [-0.15, -0.1) is 0 Å². The summed E-state index contributed by atoms with van der Waals surface area (Å²) in [5.74, 6) is 3.15. The second kappa shape index (κ2) is 12.1. The van der Waals surface area contributed by atoms with E-state index in [9.17, 15) is 0 Å². The molecule has 0 unspecified atom stereocenters. The molecular formula is C20H26Br2O4. The summed E-state index contributed by atoms with van der Waals surface area (Å²) in [6.45, 7) is 6.57. The fraction of sp³-hybridized carbons (Fsp3) is 0.400. The van der Waals surface area contributed by atoms with Crippen LogP contribution >= 0.6 is 31.9 Å². The lowest BCUT2D eigenvalue weighted by molar-refractivity contribution is 0.175. The molecule has 0 saturated heterocycles. The fourth-order valence-corrected chi connectivity index (χ4v) is 2.96. The average Bonchev–Trinajstić information content (AvgIpc) is 2.66. The van der Waals surface area contributed by atoms with E-state index in [4.69, 9.17) is 18.9 Å². The Labute approximate surface area is 173 Å². The van der Waals surface area contributed by atoms with E-state index in [-0.39, 0.29) is 6.10 Å². The van der Waals surface area contributed by atoms with Crippen molar-refractivity contribution in [1.82, 2.24) is 0 Å². The Kier molecular flexibility index (Phi) is 10.5. The highest BCUT2D eigenvalue weighted by Crippen LogP contribution is 2.31. The third kappa shape index (κ3) is 7.08. The van der Waals surface area contributed by atoms with Gasteiger partial charge in [-0.1, -0.05) is 13.8 Å². The van der Waals surface area contributed by atoms with Gasteiger partial charge in [-0.3, -0.25) is 0 Å². The smallest absolute Gasteiger partial charge is 0.134 e. The standard InChI is InChI=1S/C18H20Br2O4.C2H6/c1-12(24-18-7-5-14(22-3)11-16(18)20)8-9-23-17-6-4-13(21-2)10-15(17)19;1-2/h4-7,10-12H,8-9H2,1-3H3;1-2H3/t12-;/m0./s1. The number of methoxy groups -OCH3 is 2. The molecule has 26 heavy (non-hydrogen) atoms. The maximum absolute atomic E-state index is 5.94. The summed E-state index contributed by atoms with van der Waals surface area (Å²) in [6, 6.07) is 11.3. The lowest BCUT2D eigenvalue weighted by Gasteiger charge is -2.17. The number of halogens is 2. The Bertz CT molecular complexity index is 677. The Hall–Kier alpha value is -1.40. The summed E-state index contributed by atoms with van der Waals surface area (Å²) < 4.78 is 23.8. The normalized spacial score (nSPS) is 11.0. The van der Waals surface area contributed by atoms with Crippen LogP contribution in [0, 0.1) is 0 Å². The maximum atomic E-state index is 5.94. The molecule has 2 aromatic rings. The van der Waals surface area contributed by atoms with E-state index in [0.717, 1.165) is 38.4 Å². The average molecular weight is 490 g/mol. The molecule has 1 atom stereocenters. The minimum absolute atomic E-state index is 0.0201. The molecule has 0 amide bonds. The van der Waals surface area contributed by atoms with Gasteiger partial charge in [-0.25, -0.2) is 0 Å². The first-order chi connectivity index (χ1) is 12.5. The summed E-state index contributed by atoms with van der Waals surface area (Å²) in [6.07, 6.45) is 0.781. The molecule has 2 rings (SSSR count). The summed E-state index contributed by atoms with van der Waals surface area (Å²) >= 11 is 6.97. The number of hydrogen-bond acceptors (Lipinski definition) is 4. The first-order valence-electron chi connectivity index (χ1n) is 8.50. The highest BCUT2D eigenvalue weighted by Gasteiger charge is 2.10. The van der Waals surface area contributed by atoms with Crippen molar-refractivity contribution in [3.05, 3.63) is 45.3 Å². The van der Waals surface area contributed by atoms with Crippen LogP contribution in [0.4, 0.5) is 0 Å². The number of hydrogen-bond donors (Lipinski definition) is 0. The van der Waals surface area contributed by atoms with Crippen molar-refractivity contribution >= 4 is 31.9 Å². The molecule has 0 saturated carbocycles. The molecule has 2 aromatic carbocycles. The highest BCUT2D eigenvalue weighted by molar-refractivity contribution is 9.10. The molecule has 0 aliphatic carbocycles. The van der Waals surface area contributed by atoms with Crippen LogP contribution in [0.5, 0.6) is 23.0 Å². The third-order valence-electron chi connectivity index (χ3n) is 3.39. The first-order valence-corrected chi connectivity index (χ1v) is 10.1. The van der Waals surface area contributed by atoms with Gasteiger partial charge in [-0.2, -0.15) is 0 Å². The van der Waals surface area contributed by atoms with E-state index < -0.39 is 0 Å². The van der Waals surface area contributed by atoms with Crippen molar-refractivity contribution in [2.75, 3.05) is 20.8 Å². The zero-order valence-electron chi connectivity index (χ0n) is 15.8. The van der Waals surface area contributed by atoms with Crippen LogP contribution in [0.2, 0.25) is 0 Å². The third-order valence-corrected chi connectivity index (χ3v) is 4.63. The van der Waals surface area contributed by atoms with E-state index >= 15 is 0 Å². The predicted octanol–water partition coefficient (Wildman–Crippen LogP) is 6.49. The number of benzene rings is 2. The van der Waals surface area contributed by atoms with Crippen LogP contribution in [0.15, 0.2) is 45.3 Å². The minimum Gasteiger partial charge on any atom is -0.497 e. The minimum atomic E-state index is 0.0201. The van der Waals surface area contributed by atoms with E-state index in [1.807, 2.05) is 57.2 Å². The van der Waals surface area contributed by atoms with E-state index in [2.05, 4.69) is 31.9 Å². The molecule has 0 heterocycles. The molecule has 6 heteroatoms. The predicted molar refractivity (Wildman–Crippen MR) is 113 cm³/mol. The van der Waals surface area contributed by atoms with Gasteiger partial charge < -0.3 is 18.9 Å². The molecule has 144 valence electrons. The second-order valence-corrected chi connectivity index (χ2v) is 6.87. The molecule has 0 spiro atoms. The largest absolute Gasteiger partial charge is 0.497 e. The lowest BCUT2D eigenvalue weighted by atomic mass is 10.2. The van der Waals surface area contributed by atoms with Gasteiger partial charge in [0.05, 0.1) is 35.9 Å². The Balaban J connectivity index is 0.00000163. The van der Waals surface area contributed by atoms with Gasteiger partial charge in [0.1, 0.15) is 23.0 Å². The fourth-order valence-electron chi connectivity index (χ4n) is 2.04. The molecule has 0 radical (unpaired) electrons. The van der Waals surface area contributed by atoms with Gasteiger partial charge in [0.2, 0.25) is 0 Å². The summed E-state index contributed by atoms with van der Waals surface area (Å²) in [5, 5.41) is 0. The van der Waals surface area contributed by atoms with Gasteiger partial charge >= 0.3 is 0 Å². The van der Waals surface area contributed by atoms with Crippen LogP contribution < -0.4 is 18.9 Å². The van der Waals surface area contributed by atoms with Gasteiger partial charge in [0.15, 0.2) is 0 Å². The Morgan fingerprint density at radius 2 is 1.35 bits per heavy atom. The first kappa shape index (κ1) is 22.6. The summed E-state index contributed by atoms with van der Waals surface area (Å²) in [7, 11) is 3.28. The molecule has 0 fully saturated rings. The highest BCUT2D eigenvalue weighted by atomic mass is 79.9. The SMILES string of the molecule is CC.COc1ccc(OCC[C@H](C)Oc2ccc(OC)cc2Br)c(Br)c1. The van der Waals surface area contributed by atoms with Gasteiger partial charge in [-0.05, 0) is 75.2 Å². The van der Waals surface area contributed by atoms with E-state index in [0.29, 0.717) is 6.61 Å². The van der Waals surface area contributed by atoms with Crippen LogP contribution in [0.25, 0.3) is 0 Å². The monoisotopic (exact) mass is 488 g/mol. The topological polar surface area (TPSA) is 36.9 Å². The van der Waals surface area contributed by atoms with Crippen molar-refractivity contribution in [3.8, 4) is 23.0 Å². The Morgan fingerprint density at radius 1 is 0.846 bits per heavy atom. The molecular weight excluding hydrogens is 464 g/mol. The van der Waals surface area contributed by atoms with E-state index in [1.165, 1.54) is 0 Å². The lowest BCUT2D eigenvalue weighted by Crippen LogP contribution is -2.16. The van der Waals surface area contributed by atoms with Crippen LogP contribution in [-0.2, 0) is 0 Å². The van der Waals surface area contributed by atoms with Crippen molar-refractivity contribution < 1.29 is 18.9 Å². The number of rotatable bonds is 8. The zero-order valence-corrected chi connectivity index (χ0v) is 19.0. The molecule has 0 bridgehead atoms. The molecule has 4 nitrogen and oxygen atoms in total. The van der Waals surface area contributed by atoms with Crippen molar-refractivity contribution in [1.29, 1.82) is 0 Å². The second-order valence-electron chi connectivity index (χ2n) is 5.16. The molecule has 0 aliphatic rings. The van der Waals surface area contributed by atoms with Crippen LogP contribution in [0.1, 0.15) is 27.2 Å². The molecule has 0 aliphatic heterocycles. The van der Waals surface area contributed by atoms with Crippen LogP contribution in [-0.4, -0.2) is 26.9 Å². The zero-order chi connectivity index (χ0) is 19.5. The maximum Gasteiger partial charge on any atom is 0.134 e. The van der Waals surface area contributed by atoms with Crippen molar-refractivity contribution in [2.45, 2.75) is 33.3 Å². The van der Waals surface area contributed by atoms with E-state index in [1.54, 1.807) is 14.2 Å². The summed E-state index contributed by atoms with van der Waals surface area (Å²) in [5.41, 5.74) is 0. The van der Waals surface area contributed by atoms with Gasteiger partial charge in [0, 0.05) is 6.42 Å². The van der Waals surface area contributed by atoms with Crippen LogP contribution in [0.3, 0.4) is 0 Å². The molecule has 0 aromatic heterocycles. The Morgan fingerprint density at radius 3 is 1.81 bits per heavy atom. The van der Waals surface area contributed by atoms with Crippen molar-refractivity contribution in [3.63, 3.8) is 0 Å².